The zero-order valence-corrected chi connectivity index (χ0v) is 12.5. The second-order valence-electron chi connectivity index (χ2n) is 5.17. The fourth-order valence-electron chi connectivity index (χ4n) is 2.64. The summed E-state index contributed by atoms with van der Waals surface area (Å²) in [6, 6.07) is 6.74. The van der Waals surface area contributed by atoms with E-state index in [2.05, 4.69) is 4.90 Å². The number of hydrogen-bond donors (Lipinski definition) is 1. The van der Waals surface area contributed by atoms with Gasteiger partial charge in [-0.05, 0) is 38.4 Å². The summed E-state index contributed by atoms with van der Waals surface area (Å²) in [5.74, 6) is -0.525. The first-order valence-electron chi connectivity index (χ1n) is 7.49. The smallest absolute Gasteiger partial charge is 0.339 e. The lowest BCUT2D eigenvalue weighted by molar-refractivity contribution is 0.00302. The molecule has 5 nitrogen and oxygen atoms in total. The molecular weight excluding hydrogens is 270 g/mol. The number of piperidine rings is 1. The Morgan fingerprint density at radius 3 is 3.00 bits per heavy atom. The van der Waals surface area contributed by atoms with Gasteiger partial charge in [0.25, 0.3) is 0 Å². The van der Waals surface area contributed by atoms with Crippen LogP contribution in [-0.4, -0.2) is 54.9 Å². The molecule has 1 aliphatic heterocycles. The highest BCUT2D eigenvalue weighted by Gasteiger charge is 2.19. The number of likely N-dealkylation sites (tertiary alicyclic amines) is 1. The molecule has 1 aromatic carbocycles. The van der Waals surface area contributed by atoms with Gasteiger partial charge < -0.3 is 14.6 Å². The Labute approximate surface area is 125 Å². The molecule has 116 valence electrons. The van der Waals surface area contributed by atoms with Crippen molar-refractivity contribution in [1.82, 2.24) is 4.90 Å². The summed E-state index contributed by atoms with van der Waals surface area (Å²) in [6.45, 7) is 6.03. The lowest BCUT2D eigenvalue weighted by atomic mass is 10.1. The van der Waals surface area contributed by atoms with Crippen molar-refractivity contribution >= 4 is 5.97 Å². The number of carboxylic acids is 1. The maximum Gasteiger partial charge on any atom is 0.339 e. The van der Waals surface area contributed by atoms with E-state index in [0.717, 1.165) is 39.1 Å². The predicted molar refractivity (Wildman–Crippen MR) is 80.0 cm³/mol. The number of aromatic carboxylic acids is 1. The molecule has 0 bridgehead atoms. The van der Waals surface area contributed by atoms with Gasteiger partial charge in [0.05, 0.1) is 6.10 Å². The minimum atomic E-state index is -0.958. The van der Waals surface area contributed by atoms with E-state index in [9.17, 15) is 4.79 Å². The van der Waals surface area contributed by atoms with Gasteiger partial charge in [0.15, 0.2) is 0 Å². The number of nitrogens with zero attached hydrogens (tertiary/aromatic N) is 1. The third kappa shape index (κ3) is 4.72. The molecule has 1 aromatic rings. The molecule has 1 atom stereocenters. The summed E-state index contributed by atoms with van der Waals surface area (Å²) in [5, 5.41) is 9.10. The monoisotopic (exact) mass is 293 g/mol. The molecule has 0 aromatic heterocycles. The Balaban J connectivity index is 1.80. The molecule has 5 heteroatoms. The molecule has 21 heavy (non-hydrogen) atoms. The maximum absolute atomic E-state index is 11.1. The highest BCUT2D eigenvalue weighted by atomic mass is 16.5. The highest BCUT2D eigenvalue weighted by molar-refractivity contribution is 5.90. The molecule has 1 N–H and O–H groups in total. The Bertz CT molecular complexity index is 461. The van der Waals surface area contributed by atoms with Crippen LogP contribution in [0.5, 0.6) is 5.75 Å². The van der Waals surface area contributed by atoms with E-state index in [1.165, 1.54) is 0 Å². The second-order valence-corrected chi connectivity index (χ2v) is 5.17. The maximum atomic E-state index is 11.1. The number of para-hydroxylation sites is 1. The topological polar surface area (TPSA) is 59.0 Å². The minimum absolute atomic E-state index is 0.211. The number of rotatable bonds is 7. The summed E-state index contributed by atoms with van der Waals surface area (Å²) in [4.78, 5) is 13.4. The SMILES string of the molecule is CCO[C@@H]1CCCN(CCOc2ccccc2C(=O)O)C1. The third-order valence-corrected chi connectivity index (χ3v) is 3.65. The summed E-state index contributed by atoms with van der Waals surface area (Å²) in [5.41, 5.74) is 0.211. The van der Waals surface area contributed by atoms with E-state index in [0.29, 0.717) is 18.5 Å². The molecule has 1 saturated heterocycles. The lowest BCUT2D eigenvalue weighted by Crippen LogP contribution is -2.41. The average molecular weight is 293 g/mol. The normalized spacial score (nSPS) is 19.4. The van der Waals surface area contributed by atoms with Crippen molar-refractivity contribution < 1.29 is 19.4 Å². The van der Waals surface area contributed by atoms with Crippen LogP contribution >= 0.6 is 0 Å². The molecule has 1 aliphatic rings. The van der Waals surface area contributed by atoms with Crippen molar-refractivity contribution in [3.63, 3.8) is 0 Å². The van der Waals surface area contributed by atoms with Crippen LogP contribution in [0.25, 0.3) is 0 Å². The average Bonchev–Trinajstić information content (AvgIpc) is 2.48. The molecule has 0 unspecified atom stereocenters. The Morgan fingerprint density at radius 1 is 1.43 bits per heavy atom. The fourth-order valence-corrected chi connectivity index (χ4v) is 2.64. The molecule has 1 fully saturated rings. The van der Waals surface area contributed by atoms with E-state index >= 15 is 0 Å². The minimum Gasteiger partial charge on any atom is -0.491 e. The van der Waals surface area contributed by atoms with Gasteiger partial charge >= 0.3 is 5.97 Å². The van der Waals surface area contributed by atoms with Crippen LogP contribution in [0, 0.1) is 0 Å². The van der Waals surface area contributed by atoms with E-state index in [4.69, 9.17) is 14.6 Å². The van der Waals surface area contributed by atoms with E-state index in [-0.39, 0.29) is 5.56 Å². The molecular formula is C16H23NO4. The zero-order valence-electron chi connectivity index (χ0n) is 12.5. The first-order valence-corrected chi connectivity index (χ1v) is 7.49. The highest BCUT2D eigenvalue weighted by Crippen LogP contribution is 2.18. The van der Waals surface area contributed by atoms with Gasteiger partial charge in [-0.3, -0.25) is 4.90 Å². The van der Waals surface area contributed by atoms with Gasteiger partial charge in [0.1, 0.15) is 17.9 Å². The van der Waals surface area contributed by atoms with Gasteiger partial charge in [-0.1, -0.05) is 12.1 Å². The van der Waals surface area contributed by atoms with Crippen molar-refractivity contribution in [2.24, 2.45) is 0 Å². The number of ether oxygens (including phenoxy) is 2. The summed E-state index contributed by atoms with van der Waals surface area (Å²) < 4.78 is 11.3. The van der Waals surface area contributed by atoms with Crippen LogP contribution in [0.3, 0.4) is 0 Å². The van der Waals surface area contributed by atoms with Crippen LogP contribution in [0.2, 0.25) is 0 Å². The van der Waals surface area contributed by atoms with E-state index in [1.807, 2.05) is 6.92 Å². The quantitative estimate of drug-likeness (QED) is 0.835. The molecule has 0 spiro atoms. The number of benzene rings is 1. The van der Waals surface area contributed by atoms with Crippen molar-refractivity contribution in [3.8, 4) is 5.75 Å². The Kier molecular flexibility index (Phi) is 6.02. The van der Waals surface area contributed by atoms with Gasteiger partial charge in [-0.2, -0.15) is 0 Å². The molecule has 0 saturated carbocycles. The summed E-state index contributed by atoms with van der Waals surface area (Å²) in [7, 11) is 0. The number of carbonyl (C=O) groups is 1. The van der Waals surface area contributed by atoms with Crippen LogP contribution in [0.1, 0.15) is 30.1 Å². The molecule has 1 heterocycles. The Hall–Kier alpha value is -1.59. The summed E-state index contributed by atoms with van der Waals surface area (Å²) in [6.07, 6.45) is 2.57. The van der Waals surface area contributed by atoms with Crippen molar-refractivity contribution in [2.75, 3.05) is 32.8 Å². The van der Waals surface area contributed by atoms with Gasteiger partial charge in [0, 0.05) is 19.7 Å². The lowest BCUT2D eigenvalue weighted by Gasteiger charge is -2.32. The molecule has 0 aliphatic carbocycles. The molecule has 0 amide bonds. The second kappa shape index (κ2) is 8.00. The van der Waals surface area contributed by atoms with Crippen LogP contribution in [0.15, 0.2) is 24.3 Å². The van der Waals surface area contributed by atoms with E-state index < -0.39 is 5.97 Å². The van der Waals surface area contributed by atoms with Crippen LogP contribution in [-0.2, 0) is 4.74 Å². The standard InChI is InChI=1S/C16H23NO4/c1-2-20-13-6-5-9-17(12-13)10-11-21-15-8-4-3-7-14(15)16(18)19/h3-4,7-8,13H,2,5-6,9-12H2,1H3,(H,18,19)/t13-/m1/s1. The fraction of sp³-hybridized carbons (Fsp3) is 0.562. The van der Waals surface area contributed by atoms with Crippen molar-refractivity contribution in [1.29, 1.82) is 0 Å². The summed E-state index contributed by atoms with van der Waals surface area (Å²) >= 11 is 0. The predicted octanol–water partition coefficient (Wildman–Crippen LogP) is 2.26. The van der Waals surface area contributed by atoms with Gasteiger partial charge in [0.2, 0.25) is 0 Å². The van der Waals surface area contributed by atoms with Gasteiger partial charge in [-0.25, -0.2) is 4.79 Å². The third-order valence-electron chi connectivity index (χ3n) is 3.65. The Morgan fingerprint density at radius 2 is 2.24 bits per heavy atom. The zero-order chi connectivity index (χ0) is 15.1. The van der Waals surface area contributed by atoms with Crippen molar-refractivity contribution in [3.05, 3.63) is 29.8 Å². The first-order chi connectivity index (χ1) is 10.2. The van der Waals surface area contributed by atoms with Crippen LogP contribution < -0.4 is 4.74 Å². The van der Waals surface area contributed by atoms with E-state index in [1.54, 1.807) is 24.3 Å². The van der Waals surface area contributed by atoms with Crippen LogP contribution in [0.4, 0.5) is 0 Å². The van der Waals surface area contributed by atoms with Crippen molar-refractivity contribution in [2.45, 2.75) is 25.9 Å². The molecule has 0 radical (unpaired) electrons. The first kappa shape index (κ1) is 15.8. The van der Waals surface area contributed by atoms with Gasteiger partial charge in [-0.15, -0.1) is 0 Å². The number of hydrogen-bond acceptors (Lipinski definition) is 4. The molecule has 2 rings (SSSR count). The largest absolute Gasteiger partial charge is 0.491 e. The number of carboxylic acid groups (broad SMARTS) is 1.